The van der Waals surface area contributed by atoms with Crippen molar-refractivity contribution in [3.8, 4) is 0 Å². The number of benzene rings is 1. The van der Waals surface area contributed by atoms with Crippen LogP contribution in [-0.4, -0.2) is 59.3 Å². The molecule has 2 aromatic heterocycles. The van der Waals surface area contributed by atoms with Crippen molar-refractivity contribution in [1.82, 2.24) is 13.9 Å². The normalized spacial score (nSPS) is 16.0. The Labute approximate surface area is 221 Å². The summed E-state index contributed by atoms with van der Waals surface area (Å²) in [6.07, 6.45) is 5.31. The second kappa shape index (κ2) is 10.5. The molecule has 1 amide bonds. The zero-order valence-electron chi connectivity index (χ0n) is 21.0. The van der Waals surface area contributed by atoms with Crippen LogP contribution in [0, 0.1) is 0 Å². The highest BCUT2D eigenvalue weighted by Crippen LogP contribution is 2.32. The van der Waals surface area contributed by atoms with Crippen LogP contribution in [0.2, 0.25) is 5.02 Å². The number of aliphatic imine (C=N–C) groups is 1. The van der Waals surface area contributed by atoms with Crippen molar-refractivity contribution in [2.24, 2.45) is 10.7 Å². The smallest absolute Gasteiger partial charge is 0.410 e. The Morgan fingerprint density at radius 2 is 1.86 bits per heavy atom. The van der Waals surface area contributed by atoms with Gasteiger partial charge >= 0.3 is 6.09 Å². The fourth-order valence-corrected chi connectivity index (χ4v) is 5.79. The first-order valence-electron chi connectivity index (χ1n) is 11.9. The molecule has 9 nitrogen and oxygen atoms in total. The van der Waals surface area contributed by atoms with E-state index in [0.29, 0.717) is 47.6 Å². The minimum absolute atomic E-state index is 0.0566. The molecule has 0 aliphatic carbocycles. The van der Waals surface area contributed by atoms with Gasteiger partial charge in [-0.15, -0.1) is 0 Å². The van der Waals surface area contributed by atoms with E-state index >= 15 is 0 Å². The topological polar surface area (TPSA) is 120 Å². The minimum Gasteiger partial charge on any atom is -0.444 e. The number of carbonyl (C=O) groups is 1. The van der Waals surface area contributed by atoms with E-state index in [4.69, 9.17) is 22.1 Å². The molecule has 0 bridgehead atoms. The molecule has 196 valence electrons. The molecule has 3 aromatic rings. The molecule has 1 aromatic carbocycles. The van der Waals surface area contributed by atoms with E-state index in [-0.39, 0.29) is 22.7 Å². The Balaban J connectivity index is 1.63. The van der Waals surface area contributed by atoms with Crippen molar-refractivity contribution >= 4 is 50.5 Å². The third kappa shape index (κ3) is 5.80. The first kappa shape index (κ1) is 26.7. The third-order valence-corrected chi connectivity index (χ3v) is 7.95. The van der Waals surface area contributed by atoms with Crippen LogP contribution < -0.4 is 5.73 Å². The van der Waals surface area contributed by atoms with Crippen LogP contribution in [0.3, 0.4) is 0 Å². The van der Waals surface area contributed by atoms with Gasteiger partial charge in [-0.1, -0.05) is 29.8 Å². The molecule has 0 saturated carbocycles. The van der Waals surface area contributed by atoms with Gasteiger partial charge < -0.3 is 15.4 Å². The van der Waals surface area contributed by atoms with Gasteiger partial charge in [-0.2, -0.15) is 0 Å². The Hall–Kier alpha value is -3.37. The largest absolute Gasteiger partial charge is 0.444 e. The number of likely N-dealkylation sites (tertiary alicyclic amines) is 1. The van der Waals surface area contributed by atoms with Crippen LogP contribution in [0.15, 0.2) is 64.7 Å². The number of allylic oxidation sites excluding steroid dienone is 1. The number of amides is 1. The Kier molecular flexibility index (Phi) is 7.61. The fraction of sp³-hybridized carbons (Fsp3) is 0.346. The van der Waals surface area contributed by atoms with Crippen LogP contribution in [0.25, 0.3) is 16.6 Å². The van der Waals surface area contributed by atoms with Crippen LogP contribution in [-0.2, 0) is 14.8 Å². The predicted octanol–water partition coefficient (Wildman–Crippen LogP) is 4.70. The van der Waals surface area contributed by atoms with Crippen molar-refractivity contribution in [3.05, 3.63) is 65.6 Å². The van der Waals surface area contributed by atoms with Crippen molar-refractivity contribution in [2.45, 2.75) is 50.2 Å². The highest BCUT2D eigenvalue weighted by molar-refractivity contribution is 7.90. The van der Waals surface area contributed by atoms with Gasteiger partial charge in [-0.05, 0) is 57.9 Å². The average Bonchev–Trinajstić information content (AvgIpc) is 3.26. The molecule has 1 aliphatic heterocycles. The van der Waals surface area contributed by atoms with Gasteiger partial charge in [0.15, 0.2) is 5.65 Å². The molecule has 4 rings (SSSR count). The van der Waals surface area contributed by atoms with Gasteiger partial charge in [0, 0.05) is 42.7 Å². The number of nitrogens with two attached hydrogens (primary N) is 1. The first-order chi connectivity index (χ1) is 17.5. The Morgan fingerprint density at radius 1 is 1.19 bits per heavy atom. The number of carbonyl (C=O) groups excluding carboxylic acids is 1. The van der Waals surface area contributed by atoms with Gasteiger partial charge in [0.25, 0.3) is 10.0 Å². The number of fused-ring (bicyclic) bond motifs is 1. The molecular formula is C26H30ClN5O4S. The summed E-state index contributed by atoms with van der Waals surface area (Å²) < 4.78 is 34.0. The van der Waals surface area contributed by atoms with E-state index in [0.717, 1.165) is 3.97 Å². The number of nitrogens with zero attached hydrogens (tertiary/aromatic N) is 4. The molecule has 37 heavy (non-hydrogen) atoms. The molecule has 0 atom stereocenters. The summed E-state index contributed by atoms with van der Waals surface area (Å²) in [6.45, 7) is 6.54. The molecule has 0 spiro atoms. The third-order valence-electron chi connectivity index (χ3n) is 5.91. The van der Waals surface area contributed by atoms with Crippen LogP contribution in [0.5, 0.6) is 0 Å². The summed E-state index contributed by atoms with van der Waals surface area (Å²) >= 11 is 6.39. The van der Waals surface area contributed by atoms with Gasteiger partial charge in [0.1, 0.15) is 5.60 Å². The SMILES string of the molecule is CC(C)(C)OC(=O)N1CCC(N=CC(=CN)c2cc3c(Cl)ccnc3n2S(=O)(=O)c2ccccc2)CC1. The summed E-state index contributed by atoms with van der Waals surface area (Å²) in [5.41, 5.74) is 6.32. The quantitative estimate of drug-likeness (QED) is 0.466. The molecule has 0 radical (unpaired) electrons. The highest BCUT2D eigenvalue weighted by Gasteiger charge is 2.28. The molecular weight excluding hydrogens is 514 g/mol. The number of piperidine rings is 1. The number of rotatable bonds is 5. The highest BCUT2D eigenvalue weighted by atomic mass is 35.5. The molecule has 1 aliphatic rings. The molecule has 1 fully saturated rings. The maximum absolute atomic E-state index is 13.7. The second-order valence-corrected chi connectivity index (χ2v) is 11.9. The number of halogens is 1. The lowest BCUT2D eigenvalue weighted by atomic mass is 10.1. The second-order valence-electron chi connectivity index (χ2n) is 9.74. The van der Waals surface area contributed by atoms with Gasteiger partial charge in [0.05, 0.1) is 21.7 Å². The maximum atomic E-state index is 13.7. The number of hydrogen-bond acceptors (Lipinski definition) is 7. The summed E-state index contributed by atoms with van der Waals surface area (Å²) in [5, 5.41) is 0.855. The van der Waals surface area contributed by atoms with Crippen molar-refractivity contribution in [3.63, 3.8) is 0 Å². The van der Waals surface area contributed by atoms with E-state index in [1.54, 1.807) is 41.4 Å². The Bertz CT molecular complexity index is 1450. The lowest BCUT2D eigenvalue weighted by molar-refractivity contribution is 0.0207. The maximum Gasteiger partial charge on any atom is 0.410 e. The van der Waals surface area contributed by atoms with Crippen LogP contribution in [0.1, 0.15) is 39.3 Å². The van der Waals surface area contributed by atoms with Crippen molar-refractivity contribution in [2.75, 3.05) is 13.1 Å². The van der Waals surface area contributed by atoms with E-state index in [1.807, 2.05) is 20.8 Å². The van der Waals surface area contributed by atoms with E-state index < -0.39 is 15.6 Å². The van der Waals surface area contributed by atoms with Crippen molar-refractivity contribution in [1.29, 1.82) is 0 Å². The molecule has 2 N–H and O–H groups in total. The lowest BCUT2D eigenvalue weighted by Gasteiger charge is -2.32. The monoisotopic (exact) mass is 543 g/mol. The fourth-order valence-electron chi connectivity index (χ4n) is 4.09. The molecule has 0 unspecified atom stereocenters. The molecule has 1 saturated heterocycles. The summed E-state index contributed by atoms with van der Waals surface area (Å²) in [4.78, 5) is 23.1. The average molecular weight is 544 g/mol. The standard InChI is InChI=1S/C26H30ClN5O4S/c1-26(2,3)36-25(33)31-13-10-19(11-14-31)30-17-18(16-28)23-15-21-22(27)9-12-29-24(21)32(23)37(34,35)20-7-5-4-6-8-20/h4-9,12,15-17,19H,10-11,13-14,28H2,1-3H3. The zero-order valence-corrected chi connectivity index (χ0v) is 22.5. The van der Waals surface area contributed by atoms with Gasteiger partial charge in [-0.3, -0.25) is 4.99 Å². The van der Waals surface area contributed by atoms with Gasteiger partial charge in [-0.25, -0.2) is 22.2 Å². The number of ether oxygens (including phenoxy) is 1. The number of hydrogen-bond donors (Lipinski definition) is 1. The van der Waals surface area contributed by atoms with E-state index in [2.05, 4.69) is 9.98 Å². The van der Waals surface area contributed by atoms with Crippen LogP contribution in [0.4, 0.5) is 4.79 Å². The van der Waals surface area contributed by atoms with Gasteiger partial charge in [0.2, 0.25) is 0 Å². The summed E-state index contributed by atoms with van der Waals surface area (Å²) in [6, 6.07) is 11.3. The van der Waals surface area contributed by atoms with E-state index in [9.17, 15) is 13.2 Å². The zero-order chi connectivity index (χ0) is 26.8. The first-order valence-corrected chi connectivity index (χ1v) is 13.7. The van der Waals surface area contributed by atoms with Crippen LogP contribution >= 0.6 is 11.6 Å². The molecule has 3 heterocycles. The number of pyridine rings is 1. The summed E-state index contributed by atoms with van der Waals surface area (Å²) in [5.74, 6) is 0. The van der Waals surface area contributed by atoms with Crippen molar-refractivity contribution < 1.29 is 17.9 Å². The lowest BCUT2D eigenvalue weighted by Crippen LogP contribution is -2.42. The Morgan fingerprint density at radius 3 is 2.49 bits per heavy atom. The predicted molar refractivity (Wildman–Crippen MR) is 145 cm³/mol. The summed E-state index contributed by atoms with van der Waals surface area (Å²) in [7, 11) is -4.02. The molecule has 11 heteroatoms. The van der Waals surface area contributed by atoms with E-state index in [1.165, 1.54) is 24.5 Å². The number of aromatic nitrogens is 2. The minimum atomic E-state index is -4.02.